The second-order valence-electron chi connectivity index (χ2n) is 14.2. The first-order valence-corrected chi connectivity index (χ1v) is 19.7. The zero-order chi connectivity index (χ0) is 40.4. The Hall–Kier alpha value is -5.19. The van der Waals surface area contributed by atoms with Crippen molar-refractivity contribution < 1.29 is 33.0 Å². The number of carbonyl (C=O) groups is 2. The van der Waals surface area contributed by atoms with Crippen molar-refractivity contribution in [2.24, 2.45) is 0 Å². The summed E-state index contributed by atoms with van der Waals surface area (Å²) >= 11 is 0. The Kier molecular flexibility index (Phi) is 14.7. The van der Waals surface area contributed by atoms with E-state index in [1.807, 2.05) is 39.1 Å². The van der Waals surface area contributed by atoms with Crippen LogP contribution in [0.25, 0.3) is 33.3 Å². The number of rotatable bonds is 16. The molecule has 3 aromatic heterocycles. The number of hydrogen-bond donors (Lipinski definition) is 1. The monoisotopic (exact) mass is 763 g/mol. The van der Waals surface area contributed by atoms with E-state index < -0.39 is 12.2 Å². The smallest absolute Gasteiger partial charge is 0.335 e. The molecule has 0 aliphatic carbocycles. The third-order valence-electron chi connectivity index (χ3n) is 9.81. The molecule has 0 bridgehead atoms. The van der Waals surface area contributed by atoms with Crippen molar-refractivity contribution in [3.63, 3.8) is 0 Å². The highest BCUT2D eigenvalue weighted by atomic mass is 16.6. The van der Waals surface area contributed by atoms with Gasteiger partial charge in [0.1, 0.15) is 11.5 Å². The summed E-state index contributed by atoms with van der Waals surface area (Å²) in [5.41, 5.74) is 9.90. The molecule has 0 aliphatic rings. The average Bonchev–Trinajstić information content (AvgIpc) is 3.85. The van der Waals surface area contributed by atoms with E-state index in [9.17, 15) is 9.59 Å². The topological polar surface area (TPSA) is 118 Å². The predicted molar refractivity (Wildman–Crippen MR) is 221 cm³/mol. The van der Waals surface area contributed by atoms with Crippen LogP contribution in [0.5, 0.6) is 0 Å². The number of aryl methyl sites for hydroxylation is 3. The lowest BCUT2D eigenvalue weighted by atomic mass is 10.0. The van der Waals surface area contributed by atoms with E-state index in [0.717, 1.165) is 44.6 Å². The lowest BCUT2D eigenvalue weighted by Crippen LogP contribution is -2.29. The van der Waals surface area contributed by atoms with Crippen molar-refractivity contribution in [2.75, 3.05) is 26.4 Å². The van der Waals surface area contributed by atoms with Crippen LogP contribution in [0.4, 0.5) is 0 Å². The van der Waals surface area contributed by atoms with Gasteiger partial charge >= 0.3 is 11.9 Å². The Morgan fingerprint density at radius 2 is 1.34 bits per heavy atom. The average molecular weight is 764 g/mol. The van der Waals surface area contributed by atoms with Gasteiger partial charge in [-0.1, -0.05) is 38.1 Å². The number of nitrogens with zero attached hydrogens (tertiary/aromatic N) is 2. The van der Waals surface area contributed by atoms with E-state index in [-0.39, 0.29) is 11.9 Å². The predicted octanol–water partition coefficient (Wildman–Crippen LogP) is 9.58. The molecule has 0 spiro atoms. The van der Waals surface area contributed by atoms with E-state index in [1.165, 1.54) is 22.1 Å². The summed E-state index contributed by atoms with van der Waals surface area (Å²) in [7, 11) is 0. The summed E-state index contributed by atoms with van der Waals surface area (Å²) in [6, 6.07) is 20.9. The fourth-order valence-corrected chi connectivity index (χ4v) is 6.81. The van der Waals surface area contributed by atoms with E-state index in [0.29, 0.717) is 57.6 Å². The van der Waals surface area contributed by atoms with Gasteiger partial charge in [-0.3, -0.25) is 0 Å². The molecule has 0 amide bonds. The maximum absolute atomic E-state index is 12.3. The number of ether oxygens (including phenoxy) is 4. The minimum Gasteiger partial charge on any atom is -0.464 e. The molecular weight excluding hydrogens is 707 g/mol. The van der Waals surface area contributed by atoms with Crippen LogP contribution in [0, 0.1) is 20.8 Å². The summed E-state index contributed by atoms with van der Waals surface area (Å²) in [5.74, 6) is 1.35. The largest absolute Gasteiger partial charge is 0.464 e. The van der Waals surface area contributed by atoms with Crippen LogP contribution in [0.15, 0.2) is 77.5 Å². The quantitative estimate of drug-likeness (QED) is 0.0969. The fourth-order valence-electron chi connectivity index (χ4n) is 6.81. The van der Waals surface area contributed by atoms with Crippen molar-refractivity contribution in [1.82, 2.24) is 14.5 Å². The highest BCUT2D eigenvalue weighted by Crippen LogP contribution is 2.28. The third-order valence-corrected chi connectivity index (χ3v) is 9.81. The molecule has 3 aromatic carbocycles. The summed E-state index contributed by atoms with van der Waals surface area (Å²) < 4.78 is 29.6. The highest BCUT2D eigenvalue weighted by Gasteiger charge is 2.22. The standard InChI is InChI=1S/C30H36N2O4.C16H21NO3/c1-7-34-28(30(33)35-8-2)16-22-9-14-27-25(15-22)20(5)17-32(27)18-26-21(6)36-29(31-26)24-12-10-23(11-13-24)19(3)4;1-4-19-15(16(18)20-5-2)9-12-6-7-14-13(8-12)11(3)10-17-14/h9-15,17,19,28H,7-8,16,18H2,1-6H3;6-8,10,15,17H,4-5,9H2,1-3H3. The summed E-state index contributed by atoms with van der Waals surface area (Å²) in [6.07, 6.45) is 4.02. The second kappa shape index (κ2) is 19.6. The van der Waals surface area contributed by atoms with Gasteiger partial charge in [0.15, 0.2) is 12.2 Å². The normalized spacial score (nSPS) is 12.5. The molecular formula is C46H57N3O7. The Morgan fingerprint density at radius 1 is 0.750 bits per heavy atom. The number of oxazole rings is 1. The second-order valence-corrected chi connectivity index (χ2v) is 14.2. The molecule has 0 saturated heterocycles. The van der Waals surface area contributed by atoms with Crippen LogP contribution < -0.4 is 0 Å². The van der Waals surface area contributed by atoms with Crippen molar-refractivity contribution >= 4 is 33.7 Å². The number of hydrogen-bond acceptors (Lipinski definition) is 8. The summed E-state index contributed by atoms with van der Waals surface area (Å²) in [6.45, 7) is 20.2. The Labute approximate surface area is 330 Å². The Balaban J connectivity index is 0.000000253. The van der Waals surface area contributed by atoms with Gasteiger partial charge in [-0.25, -0.2) is 14.6 Å². The molecule has 0 aliphatic heterocycles. The molecule has 6 aromatic rings. The number of esters is 2. The zero-order valence-corrected chi connectivity index (χ0v) is 34.4. The maximum atomic E-state index is 12.3. The van der Waals surface area contributed by atoms with Gasteiger partial charge in [-0.05, 0) is 119 Å². The van der Waals surface area contributed by atoms with Crippen LogP contribution in [-0.2, 0) is 47.9 Å². The fraction of sp³-hybridized carbons (Fsp3) is 0.413. The van der Waals surface area contributed by atoms with Gasteiger partial charge in [-0.15, -0.1) is 0 Å². The van der Waals surface area contributed by atoms with Crippen molar-refractivity contribution in [3.8, 4) is 11.5 Å². The van der Waals surface area contributed by atoms with Gasteiger partial charge in [-0.2, -0.15) is 0 Å². The number of aromatic amines is 1. The minimum absolute atomic E-state index is 0.291. The van der Waals surface area contributed by atoms with Crippen LogP contribution in [0.3, 0.4) is 0 Å². The van der Waals surface area contributed by atoms with E-state index in [4.69, 9.17) is 28.3 Å². The molecule has 298 valence electrons. The van der Waals surface area contributed by atoms with Crippen LogP contribution in [0.2, 0.25) is 0 Å². The molecule has 3 heterocycles. The van der Waals surface area contributed by atoms with Crippen LogP contribution in [0.1, 0.15) is 86.7 Å². The molecule has 2 unspecified atom stereocenters. The number of benzene rings is 3. The summed E-state index contributed by atoms with van der Waals surface area (Å²) in [5, 5.41) is 2.33. The number of aromatic nitrogens is 3. The lowest BCUT2D eigenvalue weighted by Gasteiger charge is -2.15. The van der Waals surface area contributed by atoms with Gasteiger partial charge < -0.3 is 32.9 Å². The lowest BCUT2D eigenvalue weighted by molar-refractivity contribution is -0.157. The van der Waals surface area contributed by atoms with Crippen LogP contribution >= 0.6 is 0 Å². The molecule has 6 rings (SSSR count). The number of nitrogens with one attached hydrogen (secondary N) is 1. The van der Waals surface area contributed by atoms with Crippen molar-refractivity contribution in [3.05, 3.63) is 112 Å². The van der Waals surface area contributed by atoms with Gasteiger partial charge in [0.05, 0.1) is 19.8 Å². The van der Waals surface area contributed by atoms with E-state index >= 15 is 0 Å². The van der Waals surface area contributed by atoms with Crippen molar-refractivity contribution in [1.29, 1.82) is 0 Å². The van der Waals surface area contributed by atoms with E-state index in [2.05, 4.69) is 92.0 Å². The minimum atomic E-state index is -0.597. The molecule has 0 saturated carbocycles. The number of H-pyrrole nitrogens is 1. The van der Waals surface area contributed by atoms with Gasteiger partial charge in [0, 0.05) is 65.8 Å². The Morgan fingerprint density at radius 3 is 1.91 bits per heavy atom. The highest BCUT2D eigenvalue weighted by molar-refractivity contribution is 5.85. The van der Waals surface area contributed by atoms with Crippen LogP contribution in [-0.4, -0.2) is 65.1 Å². The Bertz CT molecular complexity index is 2210. The molecule has 0 radical (unpaired) electrons. The maximum Gasteiger partial charge on any atom is 0.335 e. The zero-order valence-electron chi connectivity index (χ0n) is 34.4. The van der Waals surface area contributed by atoms with Gasteiger partial charge in [0.2, 0.25) is 5.89 Å². The molecule has 0 fully saturated rings. The summed E-state index contributed by atoms with van der Waals surface area (Å²) in [4.78, 5) is 32.2. The first-order valence-electron chi connectivity index (χ1n) is 19.7. The number of carbonyl (C=O) groups excluding carboxylic acids is 2. The molecule has 2 atom stereocenters. The van der Waals surface area contributed by atoms with Crippen molar-refractivity contribution in [2.45, 2.75) is 99.8 Å². The van der Waals surface area contributed by atoms with E-state index in [1.54, 1.807) is 13.8 Å². The molecule has 10 heteroatoms. The molecule has 10 nitrogen and oxygen atoms in total. The first-order chi connectivity index (χ1) is 27.0. The number of fused-ring (bicyclic) bond motifs is 2. The molecule has 1 N–H and O–H groups in total. The molecule has 56 heavy (non-hydrogen) atoms. The third kappa shape index (κ3) is 10.4. The van der Waals surface area contributed by atoms with Gasteiger partial charge in [0.25, 0.3) is 0 Å². The SMILES string of the molecule is CCOC(=O)C(Cc1ccc2[nH]cc(C)c2c1)OCC.CCOC(=O)C(Cc1ccc2c(c1)c(C)cn2Cc1nc(-c2ccc(C(C)C)cc2)oc1C)OCC. The first kappa shape index (κ1) is 42.0.